The van der Waals surface area contributed by atoms with Crippen LogP contribution in [0.5, 0.6) is 11.5 Å². The van der Waals surface area contributed by atoms with Gasteiger partial charge in [-0.2, -0.15) is 0 Å². The molecular formula is C16H21NO3. The molecule has 0 amide bonds. The maximum absolute atomic E-state index is 11.7. The average Bonchev–Trinajstić information content (AvgIpc) is 2.70. The number of hydrogen-bond acceptors (Lipinski definition) is 4. The first-order chi connectivity index (χ1) is 9.71. The van der Waals surface area contributed by atoms with Crippen molar-refractivity contribution in [2.75, 3.05) is 14.2 Å². The number of ether oxygens (including phenoxy) is 2. The Balaban J connectivity index is 1.80. The van der Waals surface area contributed by atoms with Crippen LogP contribution in [0.2, 0.25) is 0 Å². The molecule has 1 aromatic rings. The smallest absolute Gasteiger partial charge is 0.136 e. The quantitative estimate of drug-likeness (QED) is 0.846. The molecule has 4 heteroatoms. The Bertz CT molecular complexity index is 498. The maximum atomic E-state index is 11.7. The fourth-order valence-electron chi connectivity index (χ4n) is 3.50. The molecule has 2 aliphatic rings. The van der Waals surface area contributed by atoms with E-state index in [1.165, 1.54) is 5.56 Å². The van der Waals surface area contributed by atoms with Crippen molar-refractivity contribution in [2.45, 2.75) is 44.3 Å². The summed E-state index contributed by atoms with van der Waals surface area (Å²) in [7, 11) is 3.34. The highest BCUT2D eigenvalue weighted by Crippen LogP contribution is 2.36. The van der Waals surface area contributed by atoms with Crippen molar-refractivity contribution in [1.29, 1.82) is 0 Å². The Morgan fingerprint density at radius 3 is 2.45 bits per heavy atom. The Hall–Kier alpha value is -1.55. The predicted octanol–water partition coefficient (Wildman–Crippen LogP) is 2.40. The van der Waals surface area contributed by atoms with Gasteiger partial charge in [0.05, 0.1) is 14.2 Å². The van der Waals surface area contributed by atoms with Crippen LogP contribution >= 0.6 is 0 Å². The summed E-state index contributed by atoms with van der Waals surface area (Å²) in [5.74, 6) is 2.10. The van der Waals surface area contributed by atoms with E-state index in [0.29, 0.717) is 17.9 Å². The average molecular weight is 275 g/mol. The number of methoxy groups -OCH3 is 2. The monoisotopic (exact) mass is 275 g/mol. The molecule has 4 nitrogen and oxygen atoms in total. The van der Waals surface area contributed by atoms with Crippen molar-refractivity contribution in [3.05, 3.63) is 23.8 Å². The van der Waals surface area contributed by atoms with E-state index in [2.05, 4.69) is 11.0 Å². The first-order valence-electron chi connectivity index (χ1n) is 7.19. The van der Waals surface area contributed by atoms with Gasteiger partial charge in [0.2, 0.25) is 0 Å². The lowest BCUT2D eigenvalue weighted by molar-refractivity contribution is -0.123. The molecule has 20 heavy (non-hydrogen) atoms. The van der Waals surface area contributed by atoms with Crippen molar-refractivity contribution < 1.29 is 14.3 Å². The van der Waals surface area contributed by atoms with Crippen LogP contribution in [0.4, 0.5) is 0 Å². The Morgan fingerprint density at radius 2 is 1.85 bits per heavy atom. The number of nitrogens with zero attached hydrogens (tertiary/aromatic N) is 1. The summed E-state index contributed by atoms with van der Waals surface area (Å²) in [4.78, 5) is 14.1. The number of piperidine rings is 1. The molecule has 2 atom stereocenters. The fourth-order valence-corrected chi connectivity index (χ4v) is 3.50. The van der Waals surface area contributed by atoms with Gasteiger partial charge < -0.3 is 9.47 Å². The second-order valence-electron chi connectivity index (χ2n) is 5.68. The molecule has 0 saturated carbocycles. The highest BCUT2D eigenvalue weighted by Gasteiger charge is 2.40. The van der Waals surface area contributed by atoms with E-state index in [1.54, 1.807) is 14.2 Å². The van der Waals surface area contributed by atoms with Gasteiger partial charge in [0, 0.05) is 43.1 Å². The van der Waals surface area contributed by atoms with E-state index in [-0.39, 0.29) is 0 Å². The van der Waals surface area contributed by atoms with Gasteiger partial charge >= 0.3 is 0 Å². The molecule has 2 bridgehead atoms. The topological polar surface area (TPSA) is 38.8 Å². The van der Waals surface area contributed by atoms with Crippen molar-refractivity contribution in [2.24, 2.45) is 0 Å². The van der Waals surface area contributed by atoms with Crippen molar-refractivity contribution in [3.63, 3.8) is 0 Å². The molecule has 2 heterocycles. The number of carbonyl (C=O) groups is 1. The second kappa shape index (κ2) is 5.44. The fraction of sp³-hybridized carbons (Fsp3) is 0.562. The lowest BCUT2D eigenvalue weighted by Gasteiger charge is -2.34. The van der Waals surface area contributed by atoms with Crippen LogP contribution in [0, 0.1) is 0 Å². The van der Waals surface area contributed by atoms with Crippen LogP contribution in [-0.2, 0) is 11.3 Å². The minimum Gasteiger partial charge on any atom is -0.497 e. The second-order valence-corrected chi connectivity index (χ2v) is 5.68. The molecule has 2 aliphatic heterocycles. The zero-order chi connectivity index (χ0) is 14.1. The number of carbonyl (C=O) groups excluding carboxylic acids is 1. The van der Waals surface area contributed by atoms with Crippen LogP contribution in [0.3, 0.4) is 0 Å². The molecule has 2 fully saturated rings. The first-order valence-corrected chi connectivity index (χ1v) is 7.19. The highest BCUT2D eigenvalue weighted by molar-refractivity contribution is 5.81. The summed E-state index contributed by atoms with van der Waals surface area (Å²) in [5.41, 5.74) is 1.17. The van der Waals surface area contributed by atoms with E-state index in [9.17, 15) is 4.79 Å². The molecular weight excluding hydrogens is 254 g/mol. The minimum absolute atomic E-state index is 0.424. The van der Waals surface area contributed by atoms with Crippen LogP contribution in [0.15, 0.2) is 18.2 Å². The van der Waals surface area contributed by atoms with Crippen LogP contribution in [0.25, 0.3) is 0 Å². The molecule has 2 saturated heterocycles. The molecule has 1 aromatic carbocycles. The number of benzene rings is 1. The minimum atomic E-state index is 0.424. The van der Waals surface area contributed by atoms with E-state index < -0.39 is 0 Å². The van der Waals surface area contributed by atoms with Gasteiger partial charge in [-0.3, -0.25) is 9.69 Å². The third-order valence-electron chi connectivity index (χ3n) is 4.54. The van der Waals surface area contributed by atoms with Crippen LogP contribution in [0.1, 0.15) is 31.2 Å². The molecule has 108 valence electrons. The zero-order valence-corrected chi connectivity index (χ0v) is 12.1. The van der Waals surface area contributed by atoms with Crippen LogP contribution in [-0.4, -0.2) is 37.0 Å². The van der Waals surface area contributed by atoms with Gasteiger partial charge in [0.1, 0.15) is 17.3 Å². The summed E-state index contributed by atoms with van der Waals surface area (Å²) in [5, 5.41) is 0. The first kappa shape index (κ1) is 13.4. The van der Waals surface area contributed by atoms with E-state index in [0.717, 1.165) is 43.7 Å². The largest absolute Gasteiger partial charge is 0.497 e. The van der Waals surface area contributed by atoms with Crippen LogP contribution < -0.4 is 9.47 Å². The molecule has 0 N–H and O–H groups in total. The summed E-state index contributed by atoms with van der Waals surface area (Å²) in [6, 6.07) is 6.80. The number of hydrogen-bond donors (Lipinski definition) is 0. The van der Waals surface area contributed by atoms with Gasteiger partial charge in [0.25, 0.3) is 0 Å². The number of ketones is 1. The molecule has 2 unspecified atom stereocenters. The van der Waals surface area contributed by atoms with Gasteiger partial charge in [-0.1, -0.05) is 6.07 Å². The van der Waals surface area contributed by atoms with Gasteiger partial charge in [0.15, 0.2) is 0 Å². The summed E-state index contributed by atoms with van der Waals surface area (Å²) in [6.07, 6.45) is 3.73. The highest BCUT2D eigenvalue weighted by atomic mass is 16.5. The molecule has 0 radical (unpaired) electrons. The number of rotatable bonds is 4. The van der Waals surface area contributed by atoms with Gasteiger partial charge in [-0.15, -0.1) is 0 Å². The maximum Gasteiger partial charge on any atom is 0.136 e. The van der Waals surface area contributed by atoms with Gasteiger partial charge in [-0.25, -0.2) is 0 Å². The normalized spacial score (nSPS) is 25.8. The van der Waals surface area contributed by atoms with E-state index >= 15 is 0 Å². The SMILES string of the molecule is COc1ccc(CN2C3CCC2CC(=O)C3)c(OC)c1. The Morgan fingerprint density at radius 1 is 1.15 bits per heavy atom. The third-order valence-corrected chi connectivity index (χ3v) is 4.54. The third kappa shape index (κ3) is 2.40. The molecule has 0 spiro atoms. The Kier molecular flexibility index (Phi) is 3.66. The predicted molar refractivity (Wildman–Crippen MR) is 76.1 cm³/mol. The molecule has 0 aliphatic carbocycles. The van der Waals surface area contributed by atoms with E-state index in [1.807, 2.05) is 12.1 Å². The molecule has 3 rings (SSSR count). The number of fused-ring (bicyclic) bond motifs is 2. The molecule has 0 aromatic heterocycles. The van der Waals surface area contributed by atoms with E-state index in [4.69, 9.17) is 9.47 Å². The lowest BCUT2D eigenvalue weighted by atomic mass is 10.0. The number of Topliss-reactive ketones (excluding diaryl/α,β-unsaturated/α-hetero) is 1. The van der Waals surface area contributed by atoms with Crippen molar-refractivity contribution >= 4 is 5.78 Å². The van der Waals surface area contributed by atoms with Gasteiger partial charge in [-0.05, 0) is 18.9 Å². The zero-order valence-electron chi connectivity index (χ0n) is 12.1. The lowest BCUT2D eigenvalue weighted by Crippen LogP contribution is -2.42. The van der Waals surface area contributed by atoms with Crippen molar-refractivity contribution in [1.82, 2.24) is 4.90 Å². The summed E-state index contributed by atoms with van der Waals surface area (Å²) < 4.78 is 10.7. The standard InChI is InChI=1S/C16H21NO3/c1-19-15-6-3-11(16(9-15)20-2)10-17-12-4-5-13(17)8-14(18)7-12/h3,6,9,12-13H,4-5,7-8,10H2,1-2H3. The summed E-state index contributed by atoms with van der Waals surface area (Å²) >= 11 is 0. The Labute approximate surface area is 119 Å². The summed E-state index contributed by atoms with van der Waals surface area (Å²) in [6.45, 7) is 0.857. The van der Waals surface area contributed by atoms with Crippen molar-refractivity contribution in [3.8, 4) is 11.5 Å².